The van der Waals surface area contributed by atoms with Gasteiger partial charge in [-0.05, 0) is 41.0 Å². The zero-order valence-electron chi connectivity index (χ0n) is 12.8. The van der Waals surface area contributed by atoms with E-state index in [1.807, 2.05) is 41.5 Å². The number of carbonyl (C=O) groups excluding carboxylic acids is 1. The van der Waals surface area contributed by atoms with Crippen molar-refractivity contribution in [2.75, 3.05) is 0 Å². The van der Waals surface area contributed by atoms with E-state index in [1.165, 1.54) is 5.06 Å². The smallest absolute Gasteiger partial charge is 0.254 e. The van der Waals surface area contributed by atoms with E-state index in [1.54, 1.807) is 0 Å². The van der Waals surface area contributed by atoms with Crippen LogP contribution in [0.25, 0.3) is 0 Å². The van der Waals surface area contributed by atoms with Gasteiger partial charge in [-0.1, -0.05) is 6.92 Å². The number of amides is 1. The van der Waals surface area contributed by atoms with E-state index in [9.17, 15) is 10.0 Å². The van der Waals surface area contributed by atoms with Gasteiger partial charge in [0.1, 0.15) is 5.72 Å². The monoisotopic (exact) mass is 270 g/mol. The first kappa shape index (κ1) is 14.8. The Kier molecular flexibility index (Phi) is 3.05. The van der Waals surface area contributed by atoms with Crippen LogP contribution in [0.2, 0.25) is 0 Å². The lowest BCUT2D eigenvalue weighted by Crippen LogP contribution is -2.66. The summed E-state index contributed by atoms with van der Waals surface area (Å²) >= 11 is 0. The first-order valence-electron chi connectivity index (χ1n) is 6.98. The molecule has 0 saturated carbocycles. The van der Waals surface area contributed by atoms with Crippen LogP contribution in [0.3, 0.4) is 0 Å². The molecule has 0 aromatic rings. The van der Waals surface area contributed by atoms with Crippen molar-refractivity contribution in [3.05, 3.63) is 0 Å². The van der Waals surface area contributed by atoms with E-state index in [0.717, 1.165) is 6.42 Å². The van der Waals surface area contributed by atoms with Crippen LogP contribution in [0.15, 0.2) is 0 Å². The second-order valence-electron chi connectivity index (χ2n) is 7.43. The van der Waals surface area contributed by atoms with Gasteiger partial charge in [0.25, 0.3) is 5.91 Å². The number of nitrogens with zero attached hydrogens (tertiary/aromatic N) is 1. The van der Waals surface area contributed by atoms with Gasteiger partial charge in [0, 0.05) is 23.9 Å². The van der Waals surface area contributed by atoms with Gasteiger partial charge in [0.2, 0.25) is 0 Å². The zero-order chi connectivity index (χ0) is 14.7. The molecule has 5 heteroatoms. The van der Waals surface area contributed by atoms with Crippen LogP contribution >= 0.6 is 0 Å². The molecule has 2 saturated heterocycles. The Balaban J connectivity index is 2.38. The summed E-state index contributed by atoms with van der Waals surface area (Å²) in [5, 5.41) is 14.7. The Morgan fingerprint density at radius 2 is 1.68 bits per heavy atom. The number of piperidine rings is 1. The highest BCUT2D eigenvalue weighted by Crippen LogP contribution is 2.48. The molecule has 2 rings (SSSR count). The normalized spacial score (nSPS) is 36.5. The number of hydrogen-bond donors (Lipinski definition) is 2. The Labute approximate surface area is 115 Å². The van der Waals surface area contributed by atoms with Crippen molar-refractivity contribution in [1.82, 2.24) is 10.4 Å². The van der Waals surface area contributed by atoms with Crippen LogP contribution in [0.4, 0.5) is 0 Å². The first-order valence-corrected chi connectivity index (χ1v) is 6.98. The molecule has 1 spiro atoms. The second-order valence-corrected chi connectivity index (χ2v) is 7.43. The predicted octanol–water partition coefficient (Wildman–Crippen LogP) is 2.04. The van der Waals surface area contributed by atoms with E-state index >= 15 is 0 Å². The minimum absolute atomic E-state index is 0.0499. The number of hydroxylamine groups is 2. The third-order valence-electron chi connectivity index (χ3n) is 4.47. The van der Waals surface area contributed by atoms with Crippen LogP contribution in [0, 0.1) is 0 Å². The van der Waals surface area contributed by atoms with Gasteiger partial charge in [-0.3, -0.25) is 4.79 Å². The van der Waals surface area contributed by atoms with Gasteiger partial charge >= 0.3 is 0 Å². The molecule has 0 bridgehead atoms. The lowest BCUT2D eigenvalue weighted by molar-refractivity contribution is -0.280. The summed E-state index contributed by atoms with van der Waals surface area (Å²) in [5.74, 6) is -0.0499. The van der Waals surface area contributed by atoms with Crippen LogP contribution in [0.5, 0.6) is 0 Å². The molecule has 1 unspecified atom stereocenters. The predicted molar refractivity (Wildman–Crippen MR) is 71.7 cm³/mol. The molecule has 2 aliphatic heterocycles. The Morgan fingerprint density at radius 1 is 1.21 bits per heavy atom. The molecule has 0 aromatic carbocycles. The standard InChI is InChI=1S/C14H26N2O3/c1-7-13(6)15-10(17)14(19-13)8-11(2,3)16(18)12(4,5)9-14/h18H,7-9H2,1-6H3,(H,15,17). The molecule has 1 atom stereocenters. The van der Waals surface area contributed by atoms with Gasteiger partial charge in [0.05, 0.1) is 0 Å². The van der Waals surface area contributed by atoms with E-state index in [-0.39, 0.29) is 5.91 Å². The SMILES string of the molecule is CCC1(C)NC(=O)C2(CC(C)(C)N(O)C(C)(C)C2)O1. The van der Waals surface area contributed by atoms with Crippen molar-refractivity contribution < 1.29 is 14.7 Å². The minimum atomic E-state index is -0.836. The van der Waals surface area contributed by atoms with Gasteiger partial charge in [0.15, 0.2) is 5.60 Å². The number of nitrogens with one attached hydrogen (secondary N) is 1. The lowest BCUT2D eigenvalue weighted by atomic mass is 9.72. The molecule has 5 nitrogen and oxygen atoms in total. The quantitative estimate of drug-likeness (QED) is 0.765. The van der Waals surface area contributed by atoms with Crippen molar-refractivity contribution in [3.63, 3.8) is 0 Å². The molecule has 110 valence electrons. The maximum absolute atomic E-state index is 12.5. The average molecular weight is 270 g/mol. The molecule has 1 amide bonds. The molecule has 0 radical (unpaired) electrons. The largest absolute Gasteiger partial charge is 0.340 e. The summed E-state index contributed by atoms with van der Waals surface area (Å²) in [7, 11) is 0. The summed E-state index contributed by atoms with van der Waals surface area (Å²) in [5.41, 5.74) is -2.44. The van der Waals surface area contributed by atoms with Gasteiger partial charge in [-0.15, -0.1) is 0 Å². The maximum Gasteiger partial charge on any atom is 0.254 e. The molecule has 2 fully saturated rings. The molecule has 0 aliphatic carbocycles. The molecule has 0 aromatic heterocycles. The molecule has 2 aliphatic rings. The first-order chi connectivity index (χ1) is 8.46. The third-order valence-corrected chi connectivity index (χ3v) is 4.47. The lowest BCUT2D eigenvalue weighted by Gasteiger charge is -2.54. The van der Waals surface area contributed by atoms with Crippen LogP contribution in [-0.2, 0) is 9.53 Å². The fourth-order valence-electron chi connectivity index (χ4n) is 3.68. The van der Waals surface area contributed by atoms with Gasteiger partial charge in [-0.2, -0.15) is 5.06 Å². The van der Waals surface area contributed by atoms with Crippen molar-refractivity contribution in [2.45, 2.75) is 83.2 Å². The highest BCUT2D eigenvalue weighted by Gasteiger charge is 2.62. The highest BCUT2D eigenvalue weighted by atomic mass is 16.6. The Hall–Kier alpha value is -0.650. The van der Waals surface area contributed by atoms with E-state index in [2.05, 4.69) is 5.32 Å². The van der Waals surface area contributed by atoms with Gasteiger partial charge < -0.3 is 15.3 Å². The second kappa shape index (κ2) is 3.93. The fraction of sp³-hybridized carbons (Fsp3) is 0.929. The Bertz CT molecular complexity index is 387. The summed E-state index contributed by atoms with van der Waals surface area (Å²) in [6.45, 7) is 11.7. The summed E-state index contributed by atoms with van der Waals surface area (Å²) in [6, 6.07) is 0. The van der Waals surface area contributed by atoms with Crippen LogP contribution in [0.1, 0.15) is 60.8 Å². The average Bonchev–Trinajstić information content (AvgIpc) is 2.47. The topological polar surface area (TPSA) is 61.8 Å². The molecule has 19 heavy (non-hydrogen) atoms. The van der Waals surface area contributed by atoms with Crippen LogP contribution in [-0.4, -0.2) is 38.6 Å². The summed E-state index contributed by atoms with van der Waals surface area (Å²) in [6.07, 6.45) is 1.70. The highest BCUT2D eigenvalue weighted by molar-refractivity contribution is 5.88. The summed E-state index contributed by atoms with van der Waals surface area (Å²) < 4.78 is 6.16. The van der Waals surface area contributed by atoms with Crippen LogP contribution < -0.4 is 5.32 Å². The van der Waals surface area contributed by atoms with Crippen molar-refractivity contribution in [3.8, 4) is 0 Å². The van der Waals surface area contributed by atoms with Crippen molar-refractivity contribution >= 4 is 5.91 Å². The van der Waals surface area contributed by atoms with E-state index < -0.39 is 22.4 Å². The Morgan fingerprint density at radius 3 is 2.05 bits per heavy atom. The van der Waals surface area contributed by atoms with E-state index in [4.69, 9.17) is 4.74 Å². The summed E-state index contributed by atoms with van der Waals surface area (Å²) in [4.78, 5) is 12.5. The zero-order valence-corrected chi connectivity index (χ0v) is 12.8. The maximum atomic E-state index is 12.5. The molecule has 2 N–H and O–H groups in total. The van der Waals surface area contributed by atoms with Crippen molar-refractivity contribution in [2.24, 2.45) is 0 Å². The van der Waals surface area contributed by atoms with Gasteiger partial charge in [-0.25, -0.2) is 0 Å². The number of hydrogen-bond acceptors (Lipinski definition) is 4. The fourth-order valence-corrected chi connectivity index (χ4v) is 3.68. The van der Waals surface area contributed by atoms with E-state index in [0.29, 0.717) is 12.8 Å². The number of ether oxygens (including phenoxy) is 1. The molecular formula is C14H26N2O3. The number of rotatable bonds is 1. The molecular weight excluding hydrogens is 244 g/mol. The molecule has 2 heterocycles. The number of carbonyl (C=O) groups is 1. The third kappa shape index (κ3) is 2.18. The minimum Gasteiger partial charge on any atom is -0.340 e. The van der Waals surface area contributed by atoms with Crippen molar-refractivity contribution in [1.29, 1.82) is 0 Å².